The Morgan fingerprint density at radius 2 is 1.84 bits per heavy atom. The second-order valence-electron chi connectivity index (χ2n) is 7.56. The monoisotopic (exact) mass is 268 g/mol. The molecule has 0 saturated heterocycles. The van der Waals surface area contributed by atoms with Crippen LogP contribution in [0.3, 0.4) is 0 Å². The summed E-state index contributed by atoms with van der Waals surface area (Å²) in [4.78, 5) is 12.4. The molecule has 0 spiro atoms. The number of carbonyl (C=O) groups is 1. The zero-order valence-corrected chi connectivity index (χ0v) is 13.5. The van der Waals surface area contributed by atoms with Crippen molar-refractivity contribution in [3.8, 4) is 0 Å². The first-order valence-electron chi connectivity index (χ1n) is 7.68. The summed E-state index contributed by atoms with van der Waals surface area (Å²) in [5, 5.41) is 3.15. The first kappa shape index (κ1) is 16.5. The zero-order chi connectivity index (χ0) is 14.8. The van der Waals surface area contributed by atoms with Gasteiger partial charge in [0.25, 0.3) is 0 Å². The van der Waals surface area contributed by atoms with Crippen LogP contribution >= 0.6 is 0 Å². The molecule has 0 bridgehead atoms. The first-order chi connectivity index (χ1) is 8.65. The van der Waals surface area contributed by atoms with E-state index in [-0.39, 0.29) is 23.3 Å². The Labute approximate surface area is 118 Å². The van der Waals surface area contributed by atoms with Crippen LogP contribution in [0.25, 0.3) is 0 Å². The number of nitrogens with one attached hydrogen (secondary N) is 1. The Balaban J connectivity index is 2.54. The summed E-state index contributed by atoms with van der Waals surface area (Å²) < 4.78 is 0. The Morgan fingerprint density at radius 3 is 2.37 bits per heavy atom. The molecule has 3 heteroatoms. The lowest BCUT2D eigenvalue weighted by Gasteiger charge is -2.37. The van der Waals surface area contributed by atoms with E-state index in [0.29, 0.717) is 17.8 Å². The van der Waals surface area contributed by atoms with Gasteiger partial charge in [0.1, 0.15) is 0 Å². The van der Waals surface area contributed by atoms with Gasteiger partial charge in [0.05, 0.1) is 0 Å². The van der Waals surface area contributed by atoms with E-state index in [1.807, 2.05) is 0 Å². The van der Waals surface area contributed by atoms with Crippen LogP contribution in [0.2, 0.25) is 0 Å². The van der Waals surface area contributed by atoms with E-state index in [0.717, 1.165) is 19.4 Å². The van der Waals surface area contributed by atoms with Gasteiger partial charge in [0, 0.05) is 18.5 Å². The zero-order valence-electron chi connectivity index (χ0n) is 13.5. The summed E-state index contributed by atoms with van der Waals surface area (Å²) >= 11 is 0. The fourth-order valence-corrected chi connectivity index (χ4v) is 2.70. The quantitative estimate of drug-likeness (QED) is 0.823. The lowest BCUT2D eigenvalue weighted by Crippen LogP contribution is -2.47. The fourth-order valence-electron chi connectivity index (χ4n) is 2.70. The van der Waals surface area contributed by atoms with Gasteiger partial charge in [-0.15, -0.1) is 0 Å². The lowest BCUT2D eigenvalue weighted by molar-refractivity contribution is -0.128. The van der Waals surface area contributed by atoms with E-state index in [2.05, 4.69) is 46.9 Å². The van der Waals surface area contributed by atoms with E-state index in [1.165, 1.54) is 0 Å². The van der Waals surface area contributed by atoms with E-state index in [9.17, 15) is 4.79 Å². The molecule has 1 aliphatic carbocycles. The highest BCUT2D eigenvalue weighted by atomic mass is 16.1. The molecule has 112 valence electrons. The van der Waals surface area contributed by atoms with Gasteiger partial charge in [-0.1, -0.05) is 41.5 Å². The summed E-state index contributed by atoms with van der Waals surface area (Å²) in [6, 6.07) is 0.171. The number of hydrogen-bond acceptors (Lipinski definition) is 2. The third-order valence-corrected chi connectivity index (χ3v) is 5.31. The third kappa shape index (κ3) is 4.20. The van der Waals surface area contributed by atoms with Crippen LogP contribution in [0.4, 0.5) is 0 Å². The van der Waals surface area contributed by atoms with Crippen molar-refractivity contribution in [2.24, 2.45) is 34.8 Å². The van der Waals surface area contributed by atoms with Gasteiger partial charge in [0.2, 0.25) is 5.91 Å². The van der Waals surface area contributed by atoms with Crippen LogP contribution in [0, 0.1) is 29.1 Å². The van der Waals surface area contributed by atoms with Crippen LogP contribution in [0.1, 0.15) is 54.4 Å². The minimum absolute atomic E-state index is 0.0918. The number of rotatable bonds is 4. The van der Waals surface area contributed by atoms with Crippen molar-refractivity contribution in [2.45, 2.75) is 60.4 Å². The maximum atomic E-state index is 12.4. The Kier molecular flexibility index (Phi) is 5.43. The van der Waals surface area contributed by atoms with Crippen LogP contribution in [-0.2, 0) is 4.79 Å². The standard InChI is InChI=1S/C16H32N2O/c1-10(2)16(5,6)9-18-15(19)13-8-14(17)12(4)7-11(13)3/h10-14H,7-9,17H2,1-6H3,(H,18,19). The minimum atomic E-state index is 0.0918. The van der Waals surface area contributed by atoms with Crippen molar-refractivity contribution >= 4 is 5.91 Å². The molecule has 1 rings (SSSR count). The number of hydrogen-bond donors (Lipinski definition) is 2. The highest BCUT2D eigenvalue weighted by molar-refractivity contribution is 5.79. The summed E-state index contributed by atoms with van der Waals surface area (Å²) in [6.45, 7) is 13.9. The maximum absolute atomic E-state index is 12.4. The summed E-state index contributed by atoms with van der Waals surface area (Å²) in [6.07, 6.45) is 1.89. The SMILES string of the molecule is CC1CC(C)C(C(=O)NCC(C)(C)C(C)C)CC1N. The van der Waals surface area contributed by atoms with Crippen LogP contribution in [-0.4, -0.2) is 18.5 Å². The third-order valence-electron chi connectivity index (χ3n) is 5.31. The van der Waals surface area contributed by atoms with Crippen molar-refractivity contribution in [3.05, 3.63) is 0 Å². The molecule has 1 fully saturated rings. The van der Waals surface area contributed by atoms with Crippen LogP contribution in [0.15, 0.2) is 0 Å². The molecule has 0 radical (unpaired) electrons. The Bertz CT molecular complexity index is 312. The van der Waals surface area contributed by atoms with Crippen molar-refractivity contribution in [2.75, 3.05) is 6.54 Å². The van der Waals surface area contributed by atoms with Crippen molar-refractivity contribution in [3.63, 3.8) is 0 Å². The van der Waals surface area contributed by atoms with Gasteiger partial charge in [-0.2, -0.15) is 0 Å². The summed E-state index contributed by atoms with van der Waals surface area (Å²) in [5.41, 5.74) is 6.26. The summed E-state index contributed by atoms with van der Waals surface area (Å²) in [7, 11) is 0. The van der Waals surface area contributed by atoms with Crippen LogP contribution < -0.4 is 11.1 Å². The Morgan fingerprint density at radius 1 is 1.26 bits per heavy atom. The van der Waals surface area contributed by atoms with Gasteiger partial charge in [-0.25, -0.2) is 0 Å². The van der Waals surface area contributed by atoms with Gasteiger partial charge in [-0.3, -0.25) is 4.79 Å². The highest BCUT2D eigenvalue weighted by Crippen LogP contribution is 2.33. The number of nitrogens with two attached hydrogens (primary N) is 1. The molecule has 1 saturated carbocycles. The topological polar surface area (TPSA) is 55.1 Å². The average molecular weight is 268 g/mol. The van der Waals surface area contributed by atoms with E-state index >= 15 is 0 Å². The normalized spacial score (nSPS) is 32.4. The molecular formula is C16H32N2O. The molecule has 0 aromatic heterocycles. The molecule has 4 atom stereocenters. The molecular weight excluding hydrogens is 236 g/mol. The van der Waals surface area contributed by atoms with Gasteiger partial charge in [-0.05, 0) is 36.0 Å². The average Bonchev–Trinajstić information content (AvgIpc) is 2.30. The highest BCUT2D eigenvalue weighted by Gasteiger charge is 2.35. The molecule has 0 aromatic rings. The van der Waals surface area contributed by atoms with Gasteiger partial charge in [0.15, 0.2) is 0 Å². The smallest absolute Gasteiger partial charge is 0.223 e. The predicted molar refractivity (Wildman–Crippen MR) is 80.7 cm³/mol. The van der Waals surface area contributed by atoms with Crippen LogP contribution in [0.5, 0.6) is 0 Å². The van der Waals surface area contributed by atoms with Gasteiger partial charge < -0.3 is 11.1 Å². The molecule has 0 aromatic carbocycles. The number of amides is 1. The Hall–Kier alpha value is -0.570. The minimum Gasteiger partial charge on any atom is -0.355 e. The summed E-state index contributed by atoms with van der Waals surface area (Å²) in [5.74, 6) is 1.82. The second-order valence-corrected chi connectivity index (χ2v) is 7.56. The molecule has 3 nitrogen and oxygen atoms in total. The van der Waals surface area contributed by atoms with Crippen molar-refractivity contribution in [1.82, 2.24) is 5.32 Å². The molecule has 3 N–H and O–H groups in total. The van der Waals surface area contributed by atoms with Crippen molar-refractivity contribution in [1.29, 1.82) is 0 Å². The molecule has 0 aliphatic heterocycles. The van der Waals surface area contributed by atoms with Crippen molar-refractivity contribution < 1.29 is 4.79 Å². The van der Waals surface area contributed by atoms with E-state index in [4.69, 9.17) is 5.73 Å². The first-order valence-corrected chi connectivity index (χ1v) is 7.68. The maximum Gasteiger partial charge on any atom is 0.223 e. The van der Waals surface area contributed by atoms with Gasteiger partial charge >= 0.3 is 0 Å². The lowest BCUT2D eigenvalue weighted by atomic mass is 9.72. The molecule has 1 amide bonds. The number of carbonyl (C=O) groups excluding carboxylic acids is 1. The molecule has 19 heavy (non-hydrogen) atoms. The largest absolute Gasteiger partial charge is 0.355 e. The molecule has 0 heterocycles. The van der Waals surface area contributed by atoms with E-state index in [1.54, 1.807) is 0 Å². The van der Waals surface area contributed by atoms with E-state index < -0.39 is 0 Å². The molecule has 1 aliphatic rings. The molecule has 4 unspecified atom stereocenters. The fraction of sp³-hybridized carbons (Fsp3) is 0.938. The second kappa shape index (κ2) is 6.25. The predicted octanol–water partition coefficient (Wildman–Crippen LogP) is 2.79.